The van der Waals surface area contributed by atoms with Gasteiger partial charge in [0.2, 0.25) is 0 Å². The molecule has 19 heavy (non-hydrogen) atoms. The molecule has 0 saturated carbocycles. The highest BCUT2D eigenvalue weighted by molar-refractivity contribution is 6.31. The first-order valence-corrected chi connectivity index (χ1v) is 7.71. The maximum absolute atomic E-state index is 6.34. The van der Waals surface area contributed by atoms with Crippen molar-refractivity contribution in [2.45, 2.75) is 58.2 Å². The second kappa shape index (κ2) is 7.27. The van der Waals surface area contributed by atoms with Crippen LogP contribution in [0.4, 0.5) is 0 Å². The molecule has 1 aromatic heterocycles. The Balaban J connectivity index is 2.22. The minimum Gasteiger partial charge on any atom is -0.376 e. The summed E-state index contributed by atoms with van der Waals surface area (Å²) in [6.07, 6.45) is 6.53. The number of hydrogen-bond donors (Lipinski definition) is 1. The van der Waals surface area contributed by atoms with Gasteiger partial charge in [-0.15, -0.1) is 0 Å². The number of nitrogens with zero attached hydrogens (tertiary/aromatic N) is 2. The highest BCUT2D eigenvalue weighted by Crippen LogP contribution is 2.30. The van der Waals surface area contributed by atoms with Crippen LogP contribution < -0.4 is 5.32 Å². The summed E-state index contributed by atoms with van der Waals surface area (Å²) in [4.78, 5) is 0. The lowest BCUT2D eigenvalue weighted by molar-refractivity contribution is -0.00992. The number of halogens is 1. The van der Waals surface area contributed by atoms with E-state index in [1.807, 2.05) is 4.68 Å². The molecule has 1 aliphatic rings. The van der Waals surface area contributed by atoms with Crippen LogP contribution >= 0.6 is 11.6 Å². The van der Waals surface area contributed by atoms with Crippen molar-refractivity contribution in [2.75, 3.05) is 13.2 Å². The van der Waals surface area contributed by atoms with E-state index >= 15 is 0 Å². The molecule has 1 aliphatic heterocycles. The molecule has 0 aromatic carbocycles. The van der Waals surface area contributed by atoms with Crippen molar-refractivity contribution >= 4 is 11.6 Å². The van der Waals surface area contributed by atoms with Crippen LogP contribution in [0.3, 0.4) is 0 Å². The van der Waals surface area contributed by atoms with Crippen molar-refractivity contribution in [1.82, 2.24) is 15.1 Å². The molecule has 2 heterocycles. The van der Waals surface area contributed by atoms with Crippen LogP contribution in [0.15, 0.2) is 6.20 Å². The zero-order valence-electron chi connectivity index (χ0n) is 11.9. The van der Waals surface area contributed by atoms with Crippen molar-refractivity contribution in [3.63, 3.8) is 0 Å². The summed E-state index contributed by atoms with van der Waals surface area (Å²) in [5.41, 5.74) is 1.07. The van der Waals surface area contributed by atoms with Gasteiger partial charge in [0.25, 0.3) is 0 Å². The van der Waals surface area contributed by atoms with E-state index in [1.165, 1.54) is 6.42 Å². The molecule has 108 valence electrons. The molecule has 2 rings (SSSR count). The van der Waals surface area contributed by atoms with E-state index < -0.39 is 0 Å². The van der Waals surface area contributed by atoms with Crippen LogP contribution in [0.1, 0.15) is 51.3 Å². The first-order valence-electron chi connectivity index (χ1n) is 7.34. The predicted molar refractivity (Wildman–Crippen MR) is 77.5 cm³/mol. The second-order valence-corrected chi connectivity index (χ2v) is 5.44. The van der Waals surface area contributed by atoms with Gasteiger partial charge in [0.05, 0.1) is 29.1 Å². The molecule has 2 unspecified atom stereocenters. The summed E-state index contributed by atoms with van der Waals surface area (Å²) in [6, 6.07) is 0.148. The van der Waals surface area contributed by atoms with Gasteiger partial charge < -0.3 is 10.1 Å². The molecule has 4 nitrogen and oxygen atoms in total. The number of nitrogens with one attached hydrogen (secondary N) is 1. The van der Waals surface area contributed by atoms with Gasteiger partial charge in [-0.25, -0.2) is 0 Å². The van der Waals surface area contributed by atoms with Crippen molar-refractivity contribution in [3.8, 4) is 0 Å². The zero-order chi connectivity index (χ0) is 13.7. The molecule has 0 bridgehead atoms. The largest absolute Gasteiger partial charge is 0.376 e. The Labute approximate surface area is 120 Å². The Kier molecular flexibility index (Phi) is 5.67. The smallest absolute Gasteiger partial charge is 0.0835 e. The summed E-state index contributed by atoms with van der Waals surface area (Å²) < 4.78 is 7.93. The van der Waals surface area contributed by atoms with Crippen LogP contribution in [0.2, 0.25) is 5.02 Å². The lowest BCUT2D eigenvalue weighted by atomic mass is 9.99. The molecule has 0 spiro atoms. The van der Waals surface area contributed by atoms with Crippen molar-refractivity contribution < 1.29 is 4.74 Å². The van der Waals surface area contributed by atoms with E-state index in [1.54, 1.807) is 6.20 Å². The van der Waals surface area contributed by atoms with Gasteiger partial charge >= 0.3 is 0 Å². The third-order valence-corrected chi connectivity index (χ3v) is 3.92. The van der Waals surface area contributed by atoms with E-state index in [-0.39, 0.29) is 12.1 Å². The van der Waals surface area contributed by atoms with Crippen molar-refractivity contribution in [3.05, 3.63) is 16.9 Å². The Morgan fingerprint density at radius 2 is 2.37 bits per heavy atom. The van der Waals surface area contributed by atoms with Crippen LogP contribution in [0, 0.1) is 0 Å². The van der Waals surface area contributed by atoms with Crippen LogP contribution in [-0.4, -0.2) is 29.0 Å². The molecule has 0 aliphatic carbocycles. The lowest BCUT2D eigenvalue weighted by Crippen LogP contribution is -2.38. The third-order valence-electron chi connectivity index (χ3n) is 3.63. The molecular weight excluding hydrogens is 262 g/mol. The fourth-order valence-electron chi connectivity index (χ4n) is 2.67. The molecule has 2 atom stereocenters. The minimum absolute atomic E-state index is 0.148. The van der Waals surface area contributed by atoms with E-state index in [9.17, 15) is 0 Å². The number of hydrogen-bond acceptors (Lipinski definition) is 3. The molecule has 0 amide bonds. The van der Waals surface area contributed by atoms with Gasteiger partial charge in [0.1, 0.15) is 0 Å². The third kappa shape index (κ3) is 3.50. The van der Waals surface area contributed by atoms with Gasteiger partial charge in [0.15, 0.2) is 0 Å². The molecule has 1 N–H and O–H groups in total. The first-order chi connectivity index (χ1) is 9.27. The summed E-state index contributed by atoms with van der Waals surface area (Å²) >= 11 is 6.34. The Bertz CT molecular complexity index is 388. The summed E-state index contributed by atoms with van der Waals surface area (Å²) in [6.45, 7) is 6.91. The standard InChI is InChI=1S/C14H24ClN3O/c1-3-8-16-13(12-7-5-6-9-19-12)14-11(15)10-17-18(14)4-2/h10,12-13,16H,3-9H2,1-2H3. The van der Waals surface area contributed by atoms with E-state index in [0.29, 0.717) is 0 Å². The van der Waals surface area contributed by atoms with Gasteiger partial charge in [-0.2, -0.15) is 5.10 Å². The minimum atomic E-state index is 0.148. The van der Waals surface area contributed by atoms with Gasteiger partial charge in [-0.05, 0) is 39.2 Å². The first kappa shape index (κ1) is 14.8. The molecule has 0 radical (unpaired) electrons. The van der Waals surface area contributed by atoms with Gasteiger partial charge in [-0.3, -0.25) is 4.68 Å². The molecule has 1 fully saturated rings. The highest BCUT2D eigenvalue weighted by atomic mass is 35.5. The van der Waals surface area contributed by atoms with Crippen LogP contribution in [0.25, 0.3) is 0 Å². The quantitative estimate of drug-likeness (QED) is 0.873. The maximum atomic E-state index is 6.34. The average molecular weight is 286 g/mol. The fourth-order valence-corrected chi connectivity index (χ4v) is 2.92. The van der Waals surface area contributed by atoms with Crippen LogP contribution in [0.5, 0.6) is 0 Å². The van der Waals surface area contributed by atoms with E-state index in [4.69, 9.17) is 16.3 Å². The number of aryl methyl sites for hydroxylation is 1. The van der Waals surface area contributed by atoms with Gasteiger partial charge in [-0.1, -0.05) is 18.5 Å². The summed E-state index contributed by atoms with van der Waals surface area (Å²) in [5.74, 6) is 0. The highest BCUT2D eigenvalue weighted by Gasteiger charge is 2.29. The number of rotatable bonds is 6. The zero-order valence-corrected chi connectivity index (χ0v) is 12.6. The van der Waals surface area contributed by atoms with E-state index in [0.717, 1.165) is 49.7 Å². The Morgan fingerprint density at radius 3 is 3.00 bits per heavy atom. The lowest BCUT2D eigenvalue weighted by Gasteiger charge is -2.31. The predicted octanol–water partition coefficient (Wildman–Crippen LogP) is 3.17. The Hall–Kier alpha value is -0.580. The van der Waals surface area contributed by atoms with E-state index in [2.05, 4.69) is 24.3 Å². The number of aromatic nitrogens is 2. The maximum Gasteiger partial charge on any atom is 0.0835 e. The van der Waals surface area contributed by atoms with Crippen LogP contribution in [-0.2, 0) is 11.3 Å². The SMILES string of the molecule is CCCNC(c1c(Cl)cnn1CC)C1CCCCO1. The molecular formula is C14H24ClN3O. The average Bonchev–Trinajstić information content (AvgIpc) is 2.82. The Morgan fingerprint density at radius 1 is 1.53 bits per heavy atom. The summed E-state index contributed by atoms with van der Waals surface area (Å²) in [5, 5.41) is 8.67. The number of ether oxygens (including phenoxy) is 1. The summed E-state index contributed by atoms with van der Waals surface area (Å²) in [7, 11) is 0. The van der Waals surface area contributed by atoms with Crippen molar-refractivity contribution in [2.24, 2.45) is 0 Å². The van der Waals surface area contributed by atoms with Gasteiger partial charge in [0, 0.05) is 13.2 Å². The second-order valence-electron chi connectivity index (χ2n) is 5.03. The van der Waals surface area contributed by atoms with Crippen molar-refractivity contribution in [1.29, 1.82) is 0 Å². The fraction of sp³-hybridized carbons (Fsp3) is 0.786. The molecule has 1 saturated heterocycles. The monoisotopic (exact) mass is 285 g/mol. The normalized spacial score (nSPS) is 21.5. The molecule has 5 heteroatoms. The molecule has 1 aromatic rings. The topological polar surface area (TPSA) is 39.1 Å².